The number of hydrogen-bond donors (Lipinski definition) is 0. The third-order valence-corrected chi connectivity index (χ3v) is 1.51. The largest absolute Gasteiger partial charge is 0.0785 e. The van der Waals surface area contributed by atoms with E-state index in [-0.39, 0.29) is 5.41 Å². The molecule has 0 aliphatic rings. The van der Waals surface area contributed by atoms with Gasteiger partial charge >= 0.3 is 0 Å². The van der Waals surface area contributed by atoms with Crippen molar-refractivity contribution in [3.05, 3.63) is 42.0 Å². The predicted molar refractivity (Wildman–Crippen MR) is 53.8 cm³/mol. The van der Waals surface area contributed by atoms with E-state index < -0.39 is 0 Å². The van der Waals surface area contributed by atoms with E-state index in [4.69, 9.17) is 0 Å². The minimum atomic E-state index is 0.260. The third-order valence-electron chi connectivity index (χ3n) is 1.51. The van der Waals surface area contributed by atoms with E-state index in [0.29, 0.717) is 0 Å². The average molecular weight is 159 g/mol. The number of benzene rings is 1. The molecule has 0 bridgehead atoms. The molecule has 1 aromatic carbocycles. The molecule has 0 aromatic heterocycles. The van der Waals surface area contributed by atoms with Gasteiger partial charge in [-0.2, -0.15) is 0 Å². The van der Waals surface area contributed by atoms with E-state index in [0.717, 1.165) is 0 Å². The zero-order chi connectivity index (χ0) is 9.03. The first-order valence-corrected chi connectivity index (χ1v) is 4.23. The highest BCUT2D eigenvalue weighted by atomic mass is 14.1. The van der Waals surface area contributed by atoms with Gasteiger partial charge in [-0.25, -0.2) is 0 Å². The second-order valence-electron chi connectivity index (χ2n) is 4.04. The molecule has 0 aliphatic heterocycles. The van der Waals surface area contributed by atoms with E-state index in [1.165, 1.54) is 5.56 Å². The Morgan fingerprint density at radius 3 is 2.58 bits per heavy atom. The van der Waals surface area contributed by atoms with Crippen molar-refractivity contribution < 1.29 is 0 Å². The highest BCUT2D eigenvalue weighted by Gasteiger charge is 2.02. The molecule has 0 nitrogen and oxygen atoms in total. The van der Waals surface area contributed by atoms with Crippen LogP contribution in [0.3, 0.4) is 0 Å². The molecule has 1 rings (SSSR count). The summed E-state index contributed by atoms with van der Waals surface area (Å²) < 4.78 is 0. The normalized spacial score (nSPS) is 12.2. The van der Waals surface area contributed by atoms with Gasteiger partial charge in [0, 0.05) is 0 Å². The second-order valence-corrected chi connectivity index (χ2v) is 4.04. The Morgan fingerprint density at radius 2 is 2.08 bits per heavy atom. The minimum absolute atomic E-state index is 0.260. The lowest BCUT2D eigenvalue weighted by atomic mass is 9.95. The van der Waals surface area contributed by atoms with Crippen molar-refractivity contribution in [2.24, 2.45) is 5.41 Å². The van der Waals surface area contributed by atoms with E-state index in [2.05, 4.69) is 45.1 Å². The van der Waals surface area contributed by atoms with Crippen molar-refractivity contribution in [1.82, 2.24) is 0 Å². The van der Waals surface area contributed by atoms with Crippen molar-refractivity contribution in [2.75, 3.05) is 0 Å². The molecule has 0 heterocycles. The first-order chi connectivity index (χ1) is 5.58. The van der Waals surface area contributed by atoms with Crippen molar-refractivity contribution in [3.63, 3.8) is 0 Å². The number of rotatable bonds is 1. The molecule has 0 N–H and O–H groups in total. The molecule has 12 heavy (non-hydrogen) atoms. The maximum Gasteiger partial charge on any atom is -0.0178 e. The summed E-state index contributed by atoms with van der Waals surface area (Å²) in [5, 5.41) is 0. The van der Waals surface area contributed by atoms with Crippen LogP contribution in [-0.4, -0.2) is 0 Å². The SMILES string of the molecule is CC(C)(C)/C=C/c1c[c]ccc1. The van der Waals surface area contributed by atoms with Crippen LogP contribution in [0.15, 0.2) is 30.3 Å². The van der Waals surface area contributed by atoms with Gasteiger partial charge in [0.15, 0.2) is 0 Å². The maximum absolute atomic E-state index is 3.05. The van der Waals surface area contributed by atoms with Crippen LogP contribution in [-0.2, 0) is 0 Å². The zero-order valence-electron chi connectivity index (χ0n) is 7.96. The number of allylic oxidation sites excluding steroid dienone is 1. The van der Waals surface area contributed by atoms with Crippen LogP contribution in [0.25, 0.3) is 6.08 Å². The van der Waals surface area contributed by atoms with E-state index in [9.17, 15) is 0 Å². The van der Waals surface area contributed by atoms with Crippen LogP contribution in [0.2, 0.25) is 0 Å². The molecule has 0 fully saturated rings. The van der Waals surface area contributed by atoms with Gasteiger partial charge < -0.3 is 0 Å². The van der Waals surface area contributed by atoms with Gasteiger partial charge in [-0.05, 0) is 23.1 Å². The fourth-order valence-electron chi connectivity index (χ4n) is 0.857. The average Bonchev–Trinajstić information content (AvgIpc) is 2.02. The quantitative estimate of drug-likeness (QED) is 0.588. The number of hydrogen-bond acceptors (Lipinski definition) is 0. The fourth-order valence-corrected chi connectivity index (χ4v) is 0.857. The summed E-state index contributed by atoms with van der Waals surface area (Å²) in [6, 6.07) is 11.0. The smallest absolute Gasteiger partial charge is 0.0178 e. The van der Waals surface area contributed by atoms with Gasteiger partial charge in [0.05, 0.1) is 0 Å². The Bertz CT molecular complexity index is 249. The van der Waals surface area contributed by atoms with E-state index in [1.54, 1.807) is 0 Å². The van der Waals surface area contributed by atoms with Crippen LogP contribution in [0.1, 0.15) is 26.3 Å². The van der Waals surface area contributed by atoms with Crippen LogP contribution in [0.5, 0.6) is 0 Å². The molecule has 0 atom stereocenters. The summed E-state index contributed by atoms with van der Waals surface area (Å²) in [5.74, 6) is 0. The fraction of sp³-hybridized carbons (Fsp3) is 0.333. The highest BCUT2D eigenvalue weighted by Crippen LogP contribution is 2.16. The Balaban J connectivity index is 2.71. The first-order valence-electron chi connectivity index (χ1n) is 4.23. The van der Waals surface area contributed by atoms with Crippen molar-refractivity contribution in [3.8, 4) is 0 Å². The highest BCUT2D eigenvalue weighted by molar-refractivity contribution is 5.49. The molecule has 0 aliphatic carbocycles. The van der Waals surface area contributed by atoms with Gasteiger partial charge in [-0.1, -0.05) is 51.1 Å². The lowest BCUT2D eigenvalue weighted by Crippen LogP contribution is -1.97. The first kappa shape index (κ1) is 9.05. The van der Waals surface area contributed by atoms with Crippen LogP contribution in [0.4, 0.5) is 0 Å². The predicted octanol–water partition coefficient (Wildman–Crippen LogP) is 3.55. The van der Waals surface area contributed by atoms with Crippen molar-refractivity contribution >= 4 is 6.08 Å². The topological polar surface area (TPSA) is 0 Å². The Hall–Kier alpha value is -1.04. The summed E-state index contributed by atoms with van der Waals surface area (Å²) in [4.78, 5) is 0. The second kappa shape index (κ2) is 3.57. The summed E-state index contributed by atoms with van der Waals surface area (Å²) in [5.41, 5.74) is 1.47. The van der Waals surface area contributed by atoms with Gasteiger partial charge in [-0.3, -0.25) is 0 Å². The third kappa shape index (κ3) is 3.38. The summed E-state index contributed by atoms with van der Waals surface area (Å²) >= 11 is 0. The molecule has 0 unspecified atom stereocenters. The van der Waals surface area contributed by atoms with E-state index >= 15 is 0 Å². The Labute approximate surface area is 74.9 Å². The van der Waals surface area contributed by atoms with Gasteiger partial charge in [0.25, 0.3) is 0 Å². The van der Waals surface area contributed by atoms with Crippen molar-refractivity contribution in [1.29, 1.82) is 0 Å². The molecule has 63 valence electrons. The molecule has 1 radical (unpaired) electrons. The standard InChI is InChI=1S/C12H15/c1-12(2,3)10-9-11-7-5-4-6-8-11/h4-5,7-10H,1-3H3/b10-9+. The lowest BCUT2D eigenvalue weighted by Gasteiger charge is -2.10. The summed E-state index contributed by atoms with van der Waals surface area (Å²) in [6.07, 6.45) is 4.34. The molecular formula is C12H15. The molecule has 0 saturated heterocycles. The maximum atomic E-state index is 3.05. The Kier molecular flexibility index (Phi) is 2.69. The molecular weight excluding hydrogens is 144 g/mol. The minimum Gasteiger partial charge on any atom is -0.0785 e. The molecule has 0 spiro atoms. The van der Waals surface area contributed by atoms with Crippen molar-refractivity contribution in [2.45, 2.75) is 20.8 Å². The summed E-state index contributed by atoms with van der Waals surface area (Å²) in [6.45, 7) is 6.57. The molecule has 1 aromatic rings. The lowest BCUT2D eigenvalue weighted by molar-refractivity contribution is 0.547. The zero-order valence-corrected chi connectivity index (χ0v) is 7.96. The Morgan fingerprint density at radius 1 is 1.33 bits per heavy atom. The summed E-state index contributed by atoms with van der Waals surface area (Å²) in [7, 11) is 0. The monoisotopic (exact) mass is 159 g/mol. The van der Waals surface area contributed by atoms with Crippen LogP contribution < -0.4 is 0 Å². The molecule has 0 saturated carbocycles. The van der Waals surface area contributed by atoms with Crippen LogP contribution >= 0.6 is 0 Å². The van der Waals surface area contributed by atoms with Gasteiger partial charge in [0.1, 0.15) is 0 Å². The molecule has 0 heteroatoms. The van der Waals surface area contributed by atoms with Gasteiger partial charge in [-0.15, -0.1) is 0 Å². The molecule has 0 amide bonds. The van der Waals surface area contributed by atoms with Gasteiger partial charge in [0.2, 0.25) is 0 Å². The van der Waals surface area contributed by atoms with Crippen LogP contribution in [0, 0.1) is 11.5 Å². The van der Waals surface area contributed by atoms with E-state index in [1.807, 2.05) is 18.2 Å².